The molecular formula is C11H13N5O3. The Balaban J connectivity index is 2.16. The number of hydrogen-bond acceptors (Lipinski definition) is 5. The molecule has 2 rings (SSSR count). The van der Waals surface area contributed by atoms with E-state index in [0.717, 1.165) is 10.8 Å². The van der Waals surface area contributed by atoms with E-state index in [1.807, 2.05) is 0 Å². The topological polar surface area (TPSA) is 103 Å². The van der Waals surface area contributed by atoms with Gasteiger partial charge in [-0.05, 0) is 13.3 Å². The van der Waals surface area contributed by atoms with Gasteiger partial charge in [-0.15, -0.1) is 5.10 Å². The van der Waals surface area contributed by atoms with Crippen LogP contribution >= 0.6 is 0 Å². The highest BCUT2D eigenvalue weighted by atomic mass is 16.2. The molecule has 0 saturated carbocycles. The largest absolute Gasteiger partial charge is 0.328 e. The summed E-state index contributed by atoms with van der Waals surface area (Å²) in [6.45, 7) is 2.04. The van der Waals surface area contributed by atoms with E-state index in [9.17, 15) is 14.4 Å². The van der Waals surface area contributed by atoms with E-state index >= 15 is 0 Å². The number of nitrogens with zero attached hydrogens (tertiary/aromatic N) is 4. The Morgan fingerprint density at radius 3 is 2.79 bits per heavy atom. The lowest BCUT2D eigenvalue weighted by Gasteiger charge is -2.05. The van der Waals surface area contributed by atoms with Crippen molar-refractivity contribution in [1.82, 2.24) is 24.5 Å². The number of H-pyrrole nitrogens is 1. The molecule has 0 atom stereocenters. The zero-order chi connectivity index (χ0) is 13.8. The monoisotopic (exact) mass is 263 g/mol. The molecular weight excluding hydrogens is 250 g/mol. The number of aryl methyl sites for hydroxylation is 1. The standard InChI is InChI=1S/C11H13N5O3/c1-8(17)9-7-12-11(19)16(10(9)18)5-2-4-15-6-3-13-14-15/h3,6-7H,2,4-5H2,1H3,(H,12,19). The van der Waals surface area contributed by atoms with Crippen LogP contribution in [0.4, 0.5) is 0 Å². The van der Waals surface area contributed by atoms with E-state index in [1.54, 1.807) is 17.1 Å². The minimum atomic E-state index is -0.560. The lowest BCUT2D eigenvalue weighted by molar-refractivity contribution is 0.101. The summed E-state index contributed by atoms with van der Waals surface area (Å²) in [6, 6.07) is 0. The lowest BCUT2D eigenvalue weighted by atomic mass is 10.2. The Morgan fingerprint density at radius 1 is 1.37 bits per heavy atom. The number of aromatic amines is 1. The van der Waals surface area contributed by atoms with Crippen molar-refractivity contribution in [3.63, 3.8) is 0 Å². The minimum absolute atomic E-state index is 0.0136. The van der Waals surface area contributed by atoms with Gasteiger partial charge in [-0.25, -0.2) is 4.79 Å². The van der Waals surface area contributed by atoms with E-state index in [4.69, 9.17) is 0 Å². The fourth-order valence-corrected chi connectivity index (χ4v) is 1.71. The van der Waals surface area contributed by atoms with Crippen molar-refractivity contribution >= 4 is 5.78 Å². The zero-order valence-corrected chi connectivity index (χ0v) is 10.4. The van der Waals surface area contributed by atoms with Crippen LogP contribution in [0.1, 0.15) is 23.7 Å². The molecule has 0 amide bonds. The van der Waals surface area contributed by atoms with Crippen molar-refractivity contribution < 1.29 is 4.79 Å². The number of carbonyl (C=O) groups is 1. The first-order valence-electron chi connectivity index (χ1n) is 5.77. The fourth-order valence-electron chi connectivity index (χ4n) is 1.71. The number of Topliss-reactive ketones (excluding diaryl/α,β-unsaturated/α-hetero) is 1. The van der Waals surface area contributed by atoms with Crippen LogP contribution in [0.5, 0.6) is 0 Å². The third-order valence-corrected chi connectivity index (χ3v) is 2.68. The molecule has 2 aromatic rings. The normalized spacial score (nSPS) is 10.6. The van der Waals surface area contributed by atoms with Crippen LogP contribution in [-0.4, -0.2) is 30.3 Å². The summed E-state index contributed by atoms with van der Waals surface area (Å²) in [5.41, 5.74) is -1.09. The Morgan fingerprint density at radius 2 is 2.16 bits per heavy atom. The van der Waals surface area contributed by atoms with Crippen LogP contribution < -0.4 is 11.2 Å². The van der Waals surface area contributed by atoms with Gasteiger partial charge in [-0.2, -0.15) is 0 Å². The van der Waals surface area contributed by atoms with Gasteiger partial charge in [-0.3, -0.25) is 18.8 Å². The van der Waals surface area contributed by atoms with E-state index in [2.05, 4.69) is 15.3 Å². The highest BCUT2D eigenvalue weighted by Crippen LogP contribution is 1.92. The Kier molecular flexibility index (Phi) is 3.69. The molecule has 0 saturated heterocycles. The van der Waals surface area contributed by atoms with Crippen molar-refractivity contribution in [2.75, 3.05) is 0 Å². The molecule has 0 aromatic carbocycles. The van der Waals surface area contributed by atoms with Gasteiger partial charge in [0.1, 0.15) is 0 Å². The van der Waals surface area contributed by atoms with Gasteiger partial charge in [0.15, 0.2) is 5.78 Å². The summed E-state index contributed by atoms with van der Waals surface area (Å²) in [7, 11) is 0. The average Bonchev–Trinajstić information content (AvgIpc) is 2.86. The summed E-state index contributed by atoms with van der Waals surface area (Å²) in [4.78, 5) is 37.1. The molecule has 1 N–H and O–H groups in total. The summed E-state index contributed by atoms with van der Waals surface area (Å²) in [5.74, 6) is -0.369. The van der Waals surface area contributed by atoms with E-state index in [-0.39, 0.29) is 17.9 Å². The first kappa shape index (κ1) is 12.9. The van der Waals surface area contributed by atoms with Crippen molar-refractivity contribution in [3.05, 3.63) is 45.0 Å². The molecule has 2 heterocycles. The highest BCUT2D eigenvalue weighted by molar-refractivity contribution is 5.93. The van der Waals surface area contributed by atoms with Gasteiger partial charge in [0, 0.05) is 25.5 Å². The van der Waals surface area contributed by atoms with Gasteiger partial charge in [0.25, 0.3) is 5.56 Å². The number of nitrogens with one attached hydrogen (secondary N) is 1. The zero-order valence-electron chi connectivity index (χ0n) is 10.4. The Labute approximate surface area is 107 Å². The van der Waals surface area contributed by atoms with Crippen LogP contribution in [0.15, 0.2) is 28.2 Å². The van der Waals surface area contributed by atoms with Crippen LogP contribution in [-0.2, 0) is 13.1 Å². The first-order chi connectivity index (χ1) is 9.09. The molecule has 0 radical (unpaired) electrons. The molecule has 0 spiro atoms. The highest BCUT2D eigenvalue weighted by Gasteiger charge is 2.10. The van der Waals surface area contributed by atoms with Gasteiger partial charge in [0.2, 0.25) is 0 Å². The fraction of sp³-hybridized carbons (Fsp3) is 0.364. The van der Waals surface area contributed by atoms with Gasteiger partial charge in [0.05, 0.1) is 11.8 Å². The van der Waals surface area contributed by atoms with E-state index < -0.39 is 11.2 Å². The predicted molar refractivity (Wildman–Crippen MR) is 66.0 cm³/mol. The van der Waals surface area contributed by atoms with Crippen LogP contribution in [0, 0.1) is 0 Å². The van der Waals surface area contributed by atoms with Crippen molar-refractivity contribution in [2.45, 2.75) is 26.4 Å². The van der Waals surface area contributed by atoms with E-state index in [0.29, 0.717) is 13.0 Å². The van der Waals surface area contributed by atoms with E-state index in [1.165, 1.54) is 6.92 Å². The molecule has 0 aliphatic rings. The maximum absolute atomic E-state index is 11.9. The third kappa shape index (κ3) is 2.84. The molecule has 0 aliphatic heterocycles. The van der Waals surface area contributed by atoms with Gasteiger partial charge in [-0.1, -0.05) is 5.21 Å². The van der Waals surface area contributed by atoms with Gasteiger partial charge < -0.3 is 4.98 Å². The number of carbonyl (C=O) groups excluding carboxylic acids is 1. The predicted octanol–water partition coefficient (Wildman–Crippen LogP) is -0.579. The molecule has 19 heavy (non-hydrogen) atoms. The summed E-state index contributed by atoms with van der Waals surface area (Å²) < 4.78 is 2.63. The number of hydrogen-bond donors (Lipinski definition) is 1. The second kappa shape index (κ2) is 5.42. The van der Waals surface area contributed by atoms with Crippen LogP contribution in [0.3, 0.4) is 0 Å². The second-order valence-corrected chi connectivity index (χ2v) is 4.04. The second-order valence-electron chi connectivity index (χ2n) is 4.04. The molecule has 8 nitrogen and oxygen atoms in total. The summed E-state index contributed by atoms with van der Waals surface area (Å²) in [5, 5.41) is 7.43. The van der Waals surface area contributed by atoms with Gasteiger partial charge >= 0.3 is 5.69 Å². The third-order valence-electron chi connectivity index (χ3n) is 2.68. The summed E-state index contributed by atoms with van der Waals surface area (Å²) >= 11 is 0. The molecule has 8 heteroatoms. The SMILES string of the molecule is CC(=O)c1c[nH]c(=O)n(CCCn2ccnn2)c1=O. The molecule has 2 aromatic heterocycles. The van der Waals surface area contributed by atoms with Crippen LogP contribution in [0.25, 0.3) is 0 Å². The smallest absolute Gasteiger partial charge is 0.313 e. The Hall–Kier alpha value is -2.51. The lowest BCUT2D eigenvalue weighted by Crippen LogP contribution is -2.37. The first-order valence-corrected chi connectivity index (χ1v) is 5.77. The summed E-state index contributed by atoms with van der Waals surface area (Å²) in [6.07, 6.45) is 4.93. The maximum atomic E-state index is 11.9. The molecule has 0 fully saturated rings. The molecule has 0 aliphatic carbocycles. The van der Waals surface area contributed by atoms with Crippen LogP contribution in [0.2, 0.25) is 0 Å². The number of ketones is 1. The Bertz CT molecular complexity index is 683. The van der Waals surface area contributed by atoms with Crippen molar-refractivity contribution in [3.8, 4) is 0 Å². The minimum Gasteiger partial charge on any atom is -0.313 e. The molecule has 0 bridgehead atoms. The van der Waals surface area contributed by atoms with Crippen molar-refractivity contribution in [1.29, 1.82) is 0 Å². The molecule has 0 unspecified atom stereocenters. The maximum Gasteiger partial charge on any atom is 0.328 e. The molecule has 100 valence electrons. The number of rotatable bonds is 5. The van der Waals surface area contributed by atoms with Crippen molar-refractivity contribution in [2.24, 2.45) is 0 Å². The number of aromatic nitrogens is 5. The average molecular weight is 263 g/mol. The quantitative estimate of drug-likeness (QED) is 0.727.